The molecule has 5 rings (SSSR count). The lowest BCUT2D eigenvalue weighted by atomic mass is 9.71. The second-order valence-corrected chi connectivity index (χ2v) is 9.60. The highest BCUT2D eigenvalue weighted by Crippen LogP contribution is 2.48. The molecule has 2 aromatic rings. The van der Waals surface area contributed by atoms with E-state index in [9.17, 15) is 9.59 Å². The molecule has 0 saturated carbocycles. The molecule has 2 heterocycles. The predicted octanol–water partition coefficient (Wildman–Crippen LogP) is 4.37. The number of ether oxygens (including phenoxy) is 6. The van der Waals surface area contributed by atoms with Crippen LogP contribution < -0.4 is 24.3 Å². The topological polar surface area (TPSA) is 102 Å². The highest BCUT2D eigenvalue weighted by molar-refractivity contribution is 6.04. The molecular weight excluding hydrogens is 502 g/mol. The zero-order chi connectivity index (χ0) is 27.5. The number of dihydropyridines is 1. The molecule has 206 valence electrons. The fraction of sp³-hybridized carbons (Fsp3) is 0.400. The normalized spacial score (nSPS) is 19.9. The van der Waals surface area contributed by atoms with Crippen molar-refractivity contribution in [2.45, 2.75) is 38.5 Å². The van der Waals surface area contributed by atoms with E-state index in [1.807, 2.05) is 50.2 Å². The number of nitrogens with one attached hydrogen (secondary N) is 1. The van der Waals surface area contributed by atoms with E-state index in [1.165, 1.54) is 0 Å². The Hall–Kier alpha value is -3.98. The number of fused-ring (bicyclic) bond motifs is 1. The quantitative estimate of drug-likeness (QED) is 0.370. The van der Waals surface area contributed by atoms with Gasteiger partial charge in [0.1, 0.15) is 6.61 Å². The molecule has 9 nitrogen and oxygen atoms in total. The van der Waals surface area contributed by atoms with Gasteiger partial charge in [-0.1, -0.05) is 12.1 Å². The number of ketones is 1. The maximum atomic E-state index is 13.9. The second kappa shape index (κ2) is 11.4. The van der Waals surface area contributed by atoms with Gasteiger partial charge >= 0.3 is 5.97 Å². The van der Waals surface area contributed by atoms with Gasteiger partial charge in [-0.3, -0.25) is 4.79 Å². The van der Waals surface area contributed by atoms with Gasteiger partial charge in [0.15, 0.2) is 28.8 Å². The summed E-state index contributed by atoms with van der Waals surface area (Å²) in [6, 6.07) is 11.3. The van der Waals surface area contributed by atoms with Gasteiger partial charge < -0.3 is 33.7 Å². The van der Waals surface area contributed by atoms with Crippen molar-refractivity contribution in [3.63, 3.8) is 0 Å². The van der Waals surface area contributed by atoms with E-state index in [2.05, 4.69) is 5.32 Å². The van der Waals surface area contributed by atoms with Crippen LogP contribution in [0.15, 0.2) is 58.9 Å². The summed E-state index contributed by atoms with van der Waals surface area (Å²) in [4.78, 5) is 27.2. The lowest BCUT2D eigenvalue weighted by Gasteiger charge is -2.36. The number of rotatable bonds is 9. The number of carbonyl (C=O) groups excluding carboxylic acids is 2. The molecule has 0 unspecified atom stereocenters. The van der Waals surface area contributed by atoms with E-state index in [-0.39, 0.29) is 31.7 Å². The van der Waals surface area contributed by atoms with Crippen LogP contribution in [0.5, 0.6) is 23.0 Å². The molecule has 3 aliphatic rings. The molecule has 9 heteroatoms. The van der Waals surface area contributed by atoms with Gasteiger partial charge in [0.2, 0.25) is 6.79 Å². The van der Waals surface area contributed by atoms with Gasteiger partial charge in [-0.15, -0.1) is 0 Å². The average molecular weight is 536 g/mol. The molecule has 1 N–H and O–H groups in total. The Morgan fingerprint density at radius 3 is 2.56 bits per heavy atom. The van der Waals surface area contributed by atoms with Crippen LogP contribution in [-0.4, -0.2) is 52.6 Å². The number of esters is 1. The van der Waals surface area contributed by atoms with Crippen molar-refractivity contribution >= 4 is 11.8 Å². The lowest BCUT2D eigenvalue weighted by Crippen LogP contribution is -2.36. The number of methoxy groups -OCH3 is 2. The lowest BCUT2D eigenvalue weighted by molar-refractivity contribution is -0.140. The fourth-order valence-electron chi connectivity index (χ4n) is 5.48. The summed E-state index contributed by atoms with van der Waals surface area (Å²) in [7, 11) is 3.15. The fourth-order valence-corrected chi connectivity index (χ4v) is 5.48. The molecule has 2 aliphatic heterocycles. The molecule has 0 saturated heterocycles. The number of hydrogen-bond acceptors (Lipinski definition) is 9. The maximum absolute atomic E-state index is 13.9. The first-order valence-corrected chi connectivity index (χ1v) is 13.1. The number of carbonyl (C=O) groups is 2. The Kier molecular flexibility index (Phi) is 7.79. The van der Waals surface area contributed by atoms with Gasteiger partial charge in [0, 0.05) is 36.4 Å². The SMILES string of the molecule is CCOc1ccc([C@@H]2CC(=O)C3=C(C2)NC(C)=C(C(=O)OCCOC)[C@@H]3c2ccc3c(c2)OCO3)cc1OC. The number of allylic oxidation sites excluding steroid dienone is 3. The molecular formula is C30H33NO8. The first-order chi connectivity index (χ1) is 18.9. The second-order valence-electron chi connectivity index (χ2n) is 9.60. The minimum atomic E-state index is -0.603. The summed E-state index contributed by atoms with van der Waals surface area (Å²) >= 11 is 0. The van der Waals surface area contributed by atoms with Crippen LogP contribution >= 0.6 is 0 Å². The van der Waals surface area contributed by atoms with Crippen molar-refractivity contribution < 1.29 is 38.0 Å². The molecule has 2 aromatic carbocycles. The first-order valence-electron chi connectivity index (χ1n) is 13.1. The molecule has 39 heavy (non-hydrogen) atoms. The van der Waals surface area contributed by atoms with E-state index in [4.69, 9.17) is 28.4 Å². The molecule has 0 aromatic heterocycles. The van der Waals surface area contributed by atoms with E-state index >= 15 is 0 Å². The van der Waals surface area contributed by atoms with Gasteiger partial charge in [-0.05, 0) is 61.6 Å². The first kappa shape index (κ1) is 26.6. The van der Waals surface area contributed by atoms with E-state index < -0.39 is 11.9 Å². The Labute approximate surface area is 227 Å². The highest BCUT2D eigenvalue weighted by atomic mass is 16.7. The van der Waals surface area contributed by atoms with Gasteiger partial charge in [-0.25, -0.2) is 4.79 Å². The number of Topliss-reactive ketones (excluding diaryl/α,β-unsaturated/α-hetero) is 1. The van der Waals surface area contributed by atoms with Crippen molar-refractivity contribution in [3.05, 3.63) is 70.1 Å². The van der Waals surface area contributed by atoms with Crippen LogP contribution in [0, 0.1) is 0 Å². The molecule has 0 bridgehead atoms. The summed E-state index contributed by atoms with van der Waals surface area (Å²) < 4.78 is 32.9. The summed E-state index contributed by atoms with van der Waals surface area (Å²) in [6.45, 7) is 4.81. The monoisotopic (exact) mass is 535 g/mol. The highest BCUT2D eigenvalue weighted by Gasteiger charge is 2.42. The molecule has 2 atom stereocenters. The van der Waals surface area contributed by atoms with Crippen LogP contribution in [0.4, 0.5) is 0 Å². The standard InChI is InChI=1S/C30H33NO8/c1-5-36-23-8-6-18(14-25(23)35-4)20-12-21-29(22(32)13-20)28(19-7-9-24-26(15-19)39-16-38-24)27(17(2)31-21)30(33)37-11-10-34-3/h6-9,14-15,20,28,31H,5,10-13,16H2,1-4H3/t20-,28-/m0/s1. The van der Waals surface area contributed by atoms with Crippen LogP contribution in [0.3, 0.4) is 0 Å². The molecule has 0 fully saturated rings. The van der Waals surface area contributed by atoms with E-state index in [0.29, 0.717) is 59.3 Å². The van der Waals surface area contributed by atoms with Crippen molar-refractivity contribution in [1.82, 2.24) is 5.32 Å². The van der Waals surface area contributed by atoms with E-state index in [0.717, 1.165) is 16.8 Å². The Bertz CT molecular complexity index is 1340. The minimum Gasteiger partial charge on any atom is -0.493 e. The van der Waals surface area contributed by atoms with Crippen LogP contribution in [0.25, 0.3) is 0 Å². The average Bonchev–Trinajstić information content (AvgIpc) is 3.40. The van der Waals surface area contributed by atoms with E-state index in [1.54, 1.807) is 14.2 Å². The third-order valence-electron chi connectivity index (χ3n) is 7.26. The minimum absolute atomic E-state index is 0.0287. The Morgan fingerprint density at radius 2 is 1.79 bits per heavy atom. The zero-order valence-corrected chi connectivity index (χ0v) is 22.6. The number of hydrogen-bond donors (Lipinski definition) is 1. The number of benzene rings is 2. The molecule has 0 amide bonds. The van der Waals surface area contributed by atoms with Crippen molar-refractivity contribution in [1.29, 1.82) is 0 Å². The molecule has 1 aliphatic carbocycles. The maximum Gasteiger partial charge on any atom is 0.336 e. The van der Waals surface area contributed by atoms with Crippen LogP contribution in [-0.2, 0) is 19.1 Å². The third kappa shape index (κ3) is 5.18. The largest absolute Gasteiger partial charge is 0.493 e. The van der Waals surface area contributed by atoms with Crippen molar-refractivity contribution in [2.75, 3.05) is 40.8 Å². The summed E-state index contributed by atoms with van der Waals surface area (Å²) in [5.74, 6) is 1.33. The predicted molar refractivity (Wildman–Crippen MR) is 142 cm³/mol. The summed E-state index contributed by atoms with van der Waals surface area (Å²) in [6.07, 6.45) is 0.895. The van der Waals surface area contributed by atoms with Crippen LogP contribution in [0.2, 0.25) is 0 Å². The smallest absolute Gasteiger partial charge is 0.336 e. The molecule has 0 radical (unpaired) electrons. The Balaban J connectivity index is 1.52. The van der Waals surface area contributed by atoms with Gasteiger partial charge in [0.25, 0.3) is 0 Å². The zero-order valence-electron chi connectivity index (χ0n) is 22.6. The Morgan fingerprint density at radius 1 is 1.00 bits per heavy atom. The summed E-state index contributed by atoms with van der Waals surface area (Å²) in [5, 5.41) is 3.38. The molecule has 0 spiro atoms. The van der Waals surface area contributed by atoms with Gasteiger partial charge in [-0.2, -0.15) is 0 Å². The van der Waals surface area contributed by atoms with Crippen molar-refractivity contribution in [3.8, 4) is 23.0 Å². The van der Waals surface area contributed by atoms with Crippen molar-refractivity contribution in [2.24, 2.45) is 0 Å². The summed E-state index contributed by atoms with van der Waals surface area (Å²) in [5.41, 5.74) is 4.18. The van der Waals surface area contributed by atoms with Crippen LogP contribution in [0.1, 0.15) is 49.7 Å². The third-order valence-corrected chi connectivity index (χ3v) is 7.26. The van der Waals surface area contributed by atoms with Gasteiger partial charge in [0.05, 0.1) is 25.9 Å².